The standard InChI is InChI=1S/C14H11ClO2S/c1-17-14(16)13-11(6-3-7-12(13)18)9-4-2-5-10(15)8-9/h2-8,18H,1H3. The monoisotopic (exact) mass is 278 g/mol. The Morgan fingerprint density at radius 1 is 1.22 bits per heavy atom. The number of carbonyl (C=O) groups is 1. The Morgan fingerprint density at radius 3 is 2.61 bits per heavy atom. The van der Waals surface area contributed by atoms with Gasteiger partial charge in [-0.1, -0.05) is 35.9 Å². The van der Waals surface area contributed by atoms with Gasteiger partial charge in [0.2, 0.25) is 0 Å². The van der Waals surface area contributed by atoms with Crippen molar-refractivity contribution in [2.75, 3.05) is 7.11 Å². The highest BCUT2D eigenvalue weighted by Gasteiger charge is 2.16. The maximum atomic E-state index is 11.8. The molecule has 0 saturated carbocycles. The highest BCUT2D eigenvalue weighted by Crippen LogP contribution is 2.30. The second-order valence-electron chi connectivity index (χ2n) is 3.70. The number of hydrogen-bond acceptors (Lipinski definition) is 3. The SMILES string of the molecule is COC(=O)c1c(S)cccc1-c1cccc(Cl)c1. The van der Waals surface area contributed by atoms with Crippen LogP contribution in [0.1, 0.15) is 10.4 Å². The Hall–Kier alpha value is -1.45. The molecule has 0 unspecified atom stereocenters. The van der Waals surface area contributed by atoms with Gasteiger partial charge in [0.15, 0.2) is 0 Å². The van der Waals surface area contributed by atoms with Crippen molar-refractivity contribution in [3.05, 3.63) is 53.1 Å². The molecular weight excluding hydrogens is 268 g/mol. The quantitative estimate of drug-likeness (QED) is 0.662. The molecule has 4 heteroatoms. The predicted octanol–water partition coefficient (Wildman–Crippen LogP) is 4.08. The summed E-state index contributed by atoms with van der Waals surface area (Å²) in [6.45, 7) is 0. The van der Waals surface area contributed by atoms with Gasteiger partial charge in [-0.25, -0.2) is 4.79 Å². The molecule has 0 aliphatic heterocycles. The third-order valence-electron chi connectivity index (χ3n) is 2.57. The Balaban J connectivity index is 2.64. The van der Waals surface area contributed by atoms with E-state index in [1.165, 1.54) is 7.11 Å². The molecule has 0 atom stereocenters. The Bertz CT molecular complexity index is 596. The molecule has 0 radical (unpaired) electrons. The van der Waals surface area contributed by atoms with E-state index in [1.54, 1.807) is 18.2 Å². The van der Waals surface area contributed by atoms with Gasteiger partial charge in [0, 0.05) is 9.92 Å². The van der Waals surface area contributed by atoms with E-state index < -0.39 is 5.97 Å². The molecule has 0 amide bonds. The number of halogens is 1. The molecule has 0 aliphatic rings. The molecule has 0 aliphatic carbocycles. The number of benzene rings is 2. The van der Waals surface area contributed by atoms with E-state index in [9.17, 15) is 4.79 Å². The summed E-state index contributed by atoms with van der Waals surface area (Å²) in [6, 6.07) is 12.8. The van der Waals surface area contributed by atoms with E-state index in [4.69, 9.17) is 16.3 Å². The van der Waals surface area contributed by atoms with Crippen LogP contribution in [0.2, 0.25) is 5.02 Å². The van der Waals surface area contributed by atoms with Gasteiger partial charge in [0.05, 0.1) is 12.7 Å². The maximum absolute atomic E-state index is 11.8. The van der Waals surface area contributed by atoms with E-state index in [-0.39, 0.29) is 0 Å². The average Bonchev–Trinajstić information content (AvgIpc) is 2.37. The zero-order chi connectivity index (χ0) is 13.1. The van der Waals surface area contributed by atoms with Gasteiger partial charge >= 0.3 is 5.97 Å². The molecule has 2 aromatic carbocycles. The number of carbonyl (C=O) groups excluding carboxylic acids is 1. The molecular formula is C14H11ClO2S. The van der Waals surface area contributed by atoms with E-state index in [2.05, 4.69) is 12.6 Å². The fourth-order valence-electron chi connectivity index (χ4n) is 1.75. The average molecular weight is 279 g/mol. The summed E-state index contributed by atoms with van der Waals surface area (Å²) >= 11 is 10.3. The predicted molar refractivity (Wildman–Crippen MR) is 75.5 cm³/mol. The van der Waals surface area contributed by atoms with Crippen molar-refractivity contribution >= 4 is 30.2 Å². The molecule has 0 saturated heterocycles. The summed E-state index contributed by atoms with van der Waals surface area (Å²) in [7, 11) is 1.35. The van der Waals surface area contributed by atoms with Crippen molar-refractivity contribution in [1.82, 2.24) is 0 Å². The third kappa shape index (κ3) is 2.52. The van der Waals surface area contributed by atoms with Crippen molar-refractivity contribution in [3.8, 4) is 11.1 Å². The lowest BCUT2D eigenvalue weighted by molar-refractivity contribution is 0.0598. The Morgan fingerprint density at radius 2 is 1.94 bits per heavy atom. The molecule has 2 rings (SSSR count). The second-order valence-corrected chi connectivity index (χ2v) is 4.62. The van der Waals surface area contributed by atoms with E-state index in [1.807, 2.05) is 24.3 Å². The van der Waals surface area contributed by atoms with Gasteiger partial charge in [0.25, 0.3) is 0 Å². The highest BCUT2D eigenvalue weighted by atomic mass is 35.5. The molecule has 0 aromatic heterocycles. The zero-order valence-electron chi connectivity index (χ0n) is 9.68. The smallest absolute Gasteiger partial charge is 0.339 e. The molecule has 0 N–H and O–H groups in total. The molecule has 2 nitrogen and oxygen atoms in total. The third-order valence-corrected chi connectivity index (χ3v) is 3.18. The van der Waals surface area contributed by atoms with E-state index in [0.717, 1.165) is 11.1 Å². The van der Waals surface area contributed by atoms with Crippen molar-refractivity contribution < 1.29 is 9.53 Å². The van der Waals surface area contributed by atoms with Crippen LogP contribution in [-0.4, -0.2) is 13.1 Å². The molecule has 0 fully saturated rings. The lowest BCUT2D eigenvalue weighted by atomic mass is 10.00. The summed E-state index contributed by atoms with van der Waals surface area (Å²) in [5.74, 6) is -0.407. The first-order chi connectivity index (χ1) is 8.63. The fraction of sp³-hybridized carbons (Fsp3) is 0.0714. The van der Waals surface area contributed by atoms with Crippen LogP contribution in [-0.2, 0) is 4.74 Å². The zero-order valence-corrected chi connectivity index (χ0v) is 11.3. The highest BCUT2D eigenvalue weighted by molar-refractivity contribution is 7.80. The number of thiol groups is 1. The summed E-state index contributed by atoms with van der Waals surface area (Å²) in [6.07, 6.45) is 0. The van der Waals surface area contributed by atoms with Crippen LogP contribution in [0.5, 0.6) is 0 Å². The van der Waals surface area contributed by atoms with Crippen LogP contribution in [0.25, 0.3) is 11.1 Å². The summed E-state index contributed by atoms with van der Waals surface area (Å²) in [5.41, 5.74) is 2.07. The lowest BCUT2D eigenvalue weighted by Gasteiger charge is -2.10. The van der Waals surface area contributed by atoms with Crippen LogP contribution in [0, 0.1) is 0 Å². The van der Waals surface area contributed by atoms with Crippen LogP contribution in [0.15, 0.2) is 47.4 Å². The molecule has 92 valence electrons. The van der Waals surface area contributed by atoms with Gasteiger partial charge < -0.3 is 4.74 Å². The van der Waals surface area contributed by atoms with Crippen LogP contribution in [0.4, 0.5) is 0 Å². The first-order valence-electron chi connectivity index (χ1n) is 5.29. The van der Waals surface area contributed by atoms with Crippen molar-refractivity contribution in [3.63, 3.8) is 0 Å². The van der Waals surface area contributed by atoms with Gasteiger partial charge in [-0.2, -0.15) is 0 Å². The summed E-state index contributed by atoms with van der Waals surface area (Å²) < 4.78 is 4.79. The Kier molecular flexibility index (Phi) is 3.94. The minimum atomic E-state index is -0.407. The van der Waals surface area contributed by atoms with Crippen LogP contribution < -0.4 is 0 Å². The van der Waals surface area contributed by atoms with Crippen molar-refractivity contribution in [1.29, 1.82) is 0 Å². The molecule has 0 bridgehead atoms. The van der Waals surface area contributed by atoms with Gasteiger partial charge in [0.1, 0.15) is 0 Å². The number of methoxy groups -OCH3 is 1. The molecule has 18 heavy (non-hydrogen) atoms. The molecule has 0 spiro atoms. The molecule has 2 aromatic rings. The van der Waals surface area contributed by atoms with Crippen LogP contribution in [0.3, 0.4) is 0 Å². The number of rotatable bonds is 2. The number of esters is 1. The van der Waals surface area contributed by atoms with Gasteiger partial charge in [-0.05, 0) is 29.3 Å². The largest absolute Gasteiger partial charge is 0.465 e. The lowest BCUT2D eigenvalue weighted by Crippen LogP contribution is -2.04. The maximum Gasteiger partial charge on any atom is 0.339 e. The Labute approximate surface area is 116 Å². The summed E-state index contributed by atoms with van der Waals surface area (Å²) in [5, 5.41) is 0.618. The van der Waals surface area contributed by atoms with Crippen molar-refractivity contribution in [2.45, 2.75) is 4.90 Å². The second kappa shape index (κ2) is 5.46. The summed E-state index contributed by atoms with van der Waals surface area (Å²) in [4.78, 5) is 12.4. The minimum Gasteiger partial charge on any atom is -0.465 e. The van der Waals surface area contributed by atoms with E-state index in [0.29, 0.717) is 15.5 Å². The van der Waals surface area contributed by atoms with Crippen LogP contribution >= 0.6 is 24.2 Å². The van der Waals surface area contributed by atoms with Gasteiger partial charge in [-0.15, -0.1) is 12.6 Å². The van der Waals surface area contributed by atoms with Gasteiger partial charge in [-0.3, -0.25) is 0 Å². The first-order valence-corrected chi connectivity index (χ1v) is 6.12. The van der Waals surface area contributed by atoms with Crippen molar-refractivity contribution in [2.24, 2.45) is 0 Å². The minimum absolute atomic E-state index is 0.407. The first kappa shape index (κ1) is 13.0. The fourth-order valence-corrected chi connectivity index (χ4v) is 2.24. The number of ether oxygens (including phenoxy) is 1. The number of hydrogen-bond donors (Lipinski definition) is 1. The molecule has 0 heterocycles. The normalized spacial score (nSPS) is 10.2. The van der Waals surface area contributed by atoms with E-state index >= 15 is 0 Å². The topological polar surface area (TPSA) is 26.3 Å².